The maximum Gasteiger partial charge on any atom is 0.339 e. The maximum atomic E-state index is 12.7. The Morgan fingerprint density at radius 2 is 1.32 bits per heavy atom. The molecular weight excluding hydrogens is 436 g/mol. The molecule has 1 aromatic heterocycles. The van der Waals surface area contributed by atoms with E-state index >= 15 is 0 Å². The molecule has 0 radical (unpaired) electrons. The minimum absolute atomic E-state index is 0.235. The Labute approximate surface area is 196 Å². The molecule has 0 fully saturated rings. The number of hydrogen-bond acceptors (Lipinski definition) is 8. The highest BCUT2D eigenvalue weighted by molar-refractivity contribution is 6.11. The van der Waals surface area contributed by atoms with E-state index in [0.29, 0.717) is 34.4 Å². The molecule has 5 rings (SSSR count). The molecule has 1 aliphatic heterocycles. The fraction of sp³-hybridized carbons (Fsp3) is 0.192. The van der Waals surface area contributed by atoms with Crippen LogP contribution in [0, 0.1) is 0 Å². The number of aromatic nitrogens is 2. The SMILES string of the molecule is COc1cc2cc3c(c(-c4ccc(-c5c(OC)ncnc5OC)cc4)c2cc1OC)C(=O)OC3. The molecule has 8 nitrogen and oxygen atoms in total. The van der Waals surface area contributed by atoms with E-state index in [-0.39, 0.29) is 12.6 Å². The van der Waals surface area contributed by atoms with Gasteiger partial charge in [0, 0.05) is 11.1 Å². The summed E-state index contributed by atoms with van der Waals surface area (Å²) in [6.07, 6.45) is 1.39. The molecule has 3 aromatic carbocycles. The molecule has 34 heavy (non-hydrogen) atoms. The monoisotopic (exact) mass is 458 g/mol. The van der Waals surface area contributed by atoms with Crippen molar-refractivity contribution in [3.8, 4) is 45.5 Å². The summed E-state index contributed by atoms with van der Waals surface area (Å²) in [7, 11) is 6.28. The molecule has 0 atom stereocenters. The first-order chi connectivity index (χ1) is 16.6. The van der Waals surface area contributed by atoms with Gasteiger partial charge in [-0.2, -0.15) is 0 Å². The van der Waals surface area contributed by atoms with Gasteiger partial charge in [0.05, 0.1) is 34.0 Å². The van der Waals surface area contributed by atoms with Crippen molar-refractivity contribution in [2.45, 2.75) is 6.61 Å². The minimum atomic E-state index is -0.342. The summed E-state index contributed by atoms with van der Waals surface area (Å²) in [5.41, 5.74) is 4.50. The molecule has 2 heterocycles. The van der Waals surface area contributed by atoms with Crippen molar-refractivity contribution in [1.29, 1.82) is 0 Å². The predicted molar refractivity (Wildman–Crippen MR) is 126 cm³/mol. The van der Waals surface area contributed by atoms with Crippen LogP contribution < -0.4 is 18.9 Å². The summed E-state index contributed by atoms with van der Waals surface area (Å²) in [5.74, 6) is 1.67. The molecule has 0 N–H and O–H groups in total. The third kappa shape index (κ3) is 3.35. The summed E-state index contributed by atoms with van der Waals surface area (Å²) >= 11 is 0. The lowest BCUT2D eigenvalue weighted by molar-refractivity contribution is 0.0535. The van der Waals surface area contributed by atoms with Crippen molar-refractivity contribution in [1.82, 2.24) is 9.97 Å². The number of rotatable bonds is 6. The van der Waals surface area contributed by atoms with Crippen LogP contribution in [-0.2, 0) is 11.3 Å². The Bertz CT molecular complexity index is 1390. The lowest BCUT2D eigenvalue weighted by atomic mass is 9.89. The number of esters is 1. The molecule has 0 aliphatic carbocycles. The number of nitrogens with zero attached hydrogens (tertiary/aromatic N) is 2. The number of methoxy groups -OCH3 is 4. The molecule has 4 aromatic rings. The van der Waals surface area contributed by atoms with Gasteiger partial charge < -0.3 is 23.7 Å². The van der Waals surface area contributed by atoms with Gasteiger partial charge in [0.2, 0.25) is 11.8 Å². The Morgan fingerprint density at radius 3 is 1.91 bits per heavy atom. The van der Waals surface area contributed by atoms with Gasteiger partial charge in [-0.1, -0.05) is 24.3 Å². The number of fused-ring (bicyclic) bond motifs is 2. The van der Waals surface area contributed by atoms with Gasteiger partial charge in [0.1, 0.15) is 18.5 Å². The number of cyclic esters (lactones) is 1. The molecule has 0 spiro atoms. The Hall–Kier alpha value is -4.33. The third-order valence-corrected chi connectivity index (χ3v) is 5.92. The second-order valence-corrected chi connectivity index (χ2v) is 7.63. The summed E-state index contributed by atoms with van der Waals surface area (Å²) in [6.45, 7) is 0.235. The van der Waals surface area contributed by atoms with Gasteiger partial charge >= 0.3 is 5.97 Å². The van der Waals surface area contributed by atoms with Crippen LogP contribution in [0.4, 0.5) is 0 Å². The Balaban J connectivity index is 1.73. The fourth-order valence-corrected chi connectivity index (χ4v) is 4.36. The first kappa shape index (κ1) is 21.5. The van der Waals surface area contributed by atoms with Gasteiger partial charge in [-0.25, -0.2) is 14.8 Å². The molecule has 0 unspecified atom stereocenters. The zero-order chi connectivity index (χ0) is 23.8. The number of hydrogen-bond donors (Lipinski definition) is 0. The molecule has 0 saturated heterocycles. The summed E-state index contributed by atoms with van der Waals surface area (Å²) < 4.78 is 27.2. The quantitative estimate of drug-likeness (QED) is 0.385. The summed E-state index contributed by atoms with van der Waals surface area (Å²) in [4.78, 5) is 21.1. The van der Waals surface area contributed by atoms with E-state index in [0.717, 1.165) is 33.0 Å². The van der Waals surface area contributed by atoms with Gasteiger partial charge in [-0.3, -0.25) is 0 Å². The van der Waals surface area contributed by atoms with E-state index in [1.807, 2.05) is 42.5 Å². The molecule has 1 aliphatic rings. The summed E-state index contributed by atoms with van der Waals surface area (Å²) in [6, 6.07) is 13.5. The minimum Gasteiger partial charge on any atom is -0.493 e. The van der Waals surface area contributed by atoms with E-state index in [4.69, 9.17) is 23.7 Å². The Kier molecular flexibility index (Phi) is 5.41. The molecule has 172 valence electrons. The number of carbonyl (C=O) groups excluding carboxylic acids is 1. The van der Waals surface area contributed by atoms with E-state index in [2.05, 4.69) is 9.97 Å². The molecule has 8 heteroatoms. The topological polar surface area (TPSA) is 89.0 Å². The lowest BCUT2D eigenvalue weighted by Gasteiger charge is -2.15. The van der Waals surface area contributed by atoms with Crippen LogP contribution in [-0.4, -0.2) is 44.4 Å². The predicted octanol–water partition coefficient (Wildman–Crippen LogP) is 4.67. The van der Waals surface area contributed by atoms with Crippen LogP contribution in [0.1, 0.15) is 15.9 Å². The Morgan fingerprint density at radius 1 is 0.735 bits per heavy atom. The molecular formula is C26H22N2O6. The van der Waals surface area contributed by atoms with Crippen molar-refractivity contribution in [2.24, 2.45) is 0 Å². The van der Waals surface area contributed by atoms with Gasteiger partial charge in [0.25, 0.3) is 0 Å². The summed E-state index contributed by atoms with van der Waals surface area (Å²) in [5, 5.41) is 1.79. The second kappa shape index (κ2) is 8.55. The van der Waals surface area contributed by atoms with Crippen molar-refractivity contribution in [3.63, 3.8) is 0 Å². The number of carbonyl (C=O) groups is 1. The lowest BCUT2D eigenvalue weighted by Crippen LogP contribution is -2.00. The molecule has 0 saturated carbocycles. The van der Waals surface area contributed by atoms with Crippen LogP contribution in [0.2, 0.25) is 0 Å². The van der Waals surface area contributed by atoms with Crippen LogP contribution in [0.5, 0.6) is 23.3 Å². The van der Waals surface area contributed by atoms with Crippen molar-refractivity contribution >= 4 is 16.7 Å². The highest BCUT2D eigenvalue weighted by Crippen LogP contribution is 2.43. The van der Waals surface area contributed by atoms with Crippen LogP contribution >= 0.6 is 0 Å². The van der Waals surface area contributed by atoms with Gasteiger partial charge in [0.15, 0.2) is 11.5 Å². The van der Waals surface area contributed by atoms with Gasteiger partial charge in [-0.15, -0.1) is 0 Å². The first-order valence-electron chi connectivity index (χ1n) is 10.5. The highest BCUT2D eigenvalue weighted by atomic mass is 16.5. The van der Waals surface area contributed by atoms with E-state index in [1.165, 1.54) is 6.33 Å². The molecule has 0 amide bonds. The van der Waals surface area contributed by atoms with E-state index in [1.54, 1.807) is 28.4 Å². The average molecular weight is 458 g/mol. The largest absolute Gasteiger partial charge is 0.493 e. The number of benzene rings is 3. The van der Waals surface area contributed by atoms with Gasteiger partial charge in [-0.05, 0) is 40.1 Å². The zero-order valence-corrected chi connectivity index (χ0v) is 19.2. The second-order valence-electron chi connectivity index (χ2n) is 7.63. The van der Waals surface area contributed by atoms with Crippen molar-refractivity contribution < 1.29 is 28.5 Å². The standard InChI is InChI=1S/C26H22N2O6/c1-30-19-10-16-9-17-12-34-26(29)22(17)21(18(16)11-20(19)31-2)14-5-7-15(8-6-14)23-24(32-3)27-13-28-25(23)33-4/h5-11,13H,12H2,1-4H3. The average Bonchev–Trinajstić information content (AvgIpc) is 3.25. The van der Waals surface area contributed by atoms with Crippen molar-refractivity contribution in [3.05, 3.63) is 59.9 Å². The normalized spacial score (nSPS) is 12.3. The maximum absolute atomic E-state index is 12.7. The van der Waals surface area contributed by atoms with E-state index < -0.39 is 0 Å². The highest BCUT2D eigenvalue weighted by Gasteiger charge is 2.28. The van der Waals surface area contributed by atoms with Crippen LogP contribution in [0.25, 0.3) is 33.0 Å². The van der Waals surface area contributed by atoms with Crippen LogP contribution in [0.15, 0.2) is 48.8 Å². The van der Waals surface area contributed by atoms with E-state index in [9.17, 15) is 4.79 Å². The third-order valence-electron chi connectivity index (χ3n) is 5.92. The first-order valence-corrected chi connectivity index (χ1v) is 10.5. The number of ether oxygens (including phenoxy) is 5. The molecule has 0 bridgehead atoms. The zero-order valence-electron chi connectivity index (χ0n) is 19.2. The fourth-order valence-electron chi connectivity index (χ4n) is 4.36. The van der Waals surface area contributed by atoms with Crippen molar-refractivity contribution in [2.75, 3.05) is 28.4 Å². The smallest absolute Gasteiger partial charge is 0.339 e. The van der Waals surface area contributed by atoms with Crippen LogP contribution in [0.3, 0.4) is 0 Å².